The Balaban J connectivity index is 1.30. The zero-order chi connectivity index (χ0) is 19.1. The summed E-state index contributed by atoms with van der Waals surface area (Å²) in [5.41, 5.74) is 2.87. The molecule has 1 aliphatic rings. The molecule has 0 radical (unpaired) electrons. The monoisotopic (exact) mass is 409 g/mol. The highest BCUT2D eigenvalue weighted by atomic mass is 35.5. The first-order chi connectivity index (χ1) is 13.7. The van der Waals surface area contributed by atoms with Crippen molar-refractivity contribution in [3.05, 3.63) is 59.4 Å². The Kier molecular flexibility index (Phi) is 4.33. The van der Waals surface area contributed by atoms with Gasteiger partial charge < -0.3 is 9.80 Å². The number of nitrogens with zero attached hydrogens (tertiary/aromatic N) is 5. The van der Waals surface area contributed by atoms with Gasteiger partial charge in [-0.15, -0.1) is 0 Å². The Labute approximate surface area is 170 Å². The number of benzene rings is 2. The number of thiazole rings is 1. The second-order valence-electron chi connectivity index (χ2n) is 6.63. The van der Waals surface area contributed by atoms with E-state index in [0.717, 1.165) is 44.5 Å². The molecule has 4 aromatic rings. The molecule has 0 bridgehead atoms. The van der Waals surface area contributed by atoms with Gasteiger partial charge in [-0.3, -0.25) is 9.78 Å². The summed E-state index contributed by atoms with van der Waals surface area (Å²) in [6, 6.07) is 13.3. The van der Waals surface area contributed by atoms with Crippen LogP contribution in [0.25, 0.3) is 21.3 Å². The summed E-state index contributed by atoms with van der Waals surface area (Å²) in [5, 5.41) is 1.68. The quantitative estimate of drug-likeness (QED) is 0.503. The minimum absolute atomic E-state index is 0.0750. The maximum Gasteiger partial charge on any atom is 0.274 e. The fourth-order valence-electron chi connectivity index (χ4n) is 3.34. The number of fused-ring (bicyclic) bond motifs is 2. The molecule has 6 nitrogen and oxygen atoms in total. The molecule has 2 aromatic carbocycles. The van der Waals surface area contributed by atoms with Gasteiger partial charge in [0.05, 0.1) is 27.4 Å². The third-order valence-electron chi connectivity index (χ3n) is 4.84. The topological polar surface area (TPSA) is 62.2 Å². The minimum atomic E-state index is -0.0750. The van der Waals surface area contributed by atoms with Gasteiger partial charge in [0.2, 0.25) is 0 Å². The molecule has 0 aliphatic carbocycles. The molecule has 1 aliphatic heterocycles. The summed E-state index contributed by atoms with van der Waals surface area (Å²) < 4.78 is 1.08. The SMILES string of the molecule is O=C(c1cnc2ccccc2n1)N1CCN(c2nc3ccc(Cl)cc3s2)CC1. The summed E-state index contributed by atoms with van der Waals surface area (Å²) in [7, 11) is 0. The lowest BCUT2D eigenvalue weighted by Crippen LogP contribution is -2.49. The Morgan fingerprint density at radius 3 is 2.57 bits per heavy atom. The van der Waals surface area contributed by atoms with E-state index in [-0.39, 0.29) is 5.91 Å². The van der Waals surface area contributed by atoms with Crippen LogP contribution in [0.15, 0.2) is 48.7 Å². The van der Waals surface area contributed by atoms with Gasteiger partial charge in [-0.2, -0.15) is 0 Å². The van der Waals surface area contributed by atoms with E-state index >= 15 is 0 Å². The van der Waals surface area contributed by atoms with E-state index in [1.165, 1.54) is 0 Å². The summed E-state index contributed by atoms with van der Waals surface area (Å²) in [5.74, 6) is -0.0750. The number of hydrogen-bond donors (Lipinski definition) is 0. The molecule has 5 rings (SSSR count). The van der Waals surface area contributed by atoms with Crippen molar-refractivity contribution in [3.63, 3.8) is 0 Å². The number of rotatable bonds is 2. The highest BCUT2D eigenvalue weighted by Crippen LogP contribution is 2.31. The number of amides is 1. The molecular weight excluding hydrogens is 394 g/mol. The zero-order valence-corrected chi connectivity index (χ0v) is 16.5. The maximum absolute atomic E-state index is 12.8. The molecule has 0 atom stereocenters. The molecule has 1 fully saturated rings. The molecule has 140 valence electrons. The highest BCUT2D eigenvalue weighted by molar-refractivity contribution is 7.22. The van der Waals surface area contributed by atoms with Crippen molar-refractivity contribution in [2.24, 2.45) is 0 Å². The molecule has 2 aromatic heterocycles. The Morgan fingerprint density at radius 1 is 0.964 bits per heavy atom. The predicted molar refractivity (Wildman–Crippen MR) is 112 cm³/mol. The van der Waals surface area contributed by atoms with E-state index in [4.69, 9.17) is 16.6 Å². The molecule has 0 spiro atoms. The predicted octanol–water partition coefficient (Wildman–Crippen LogP) is 3.86. The van der Waals surface area contributed by atoms with Gasteiger partial charge in [0.25, 0.3) is 5.91 Å². The normalized spacial score (nSPS) is 14.8. The number of anilines is 1. The van der Waals surface area contributed by atoms with E-state index in [1.54, 1.807) is 17.5 Å². The number of carbonyl (C=O) groups excluding carboxylic acids is 1. The van der Waals surface area contributed by atoms with Crippen molar-refractivity contribution in [1.82, 2.24) is 19.9 Å². The molecule has 3 heterocycles. The highest BCUT2D eigenvalue weighted by Gasteiger charge is 2.25. The molecular formula is C20H16ClN5OS. The van der Waals surface area contributed by atoms with Crippen LogP contribution >= 0.6 is 22.9 Å². The van der Waals surface area contributed by atoms with Crippen molar-refractivity contribution < 1.29 is 4.79 Å². The van der Waals surface area contributed by atoms with E-state index in [0.29, 0.717) is 18.8 Å². The van der Waals surface area contributed by atoms with Crippen molar-refractivity contribution >= 4 is 55.2 Å². The molecule has 28 heavy (non-hydrogen) atoms. The van der Waals surface area contributed by atoms with Gasteiger partial charge in [0, 0.05) is 31.2 Å². The standard InChI is InChI=1S/C20H16ClN5OS/c21-13-5-6-16-18(11-13)28-20(24-16)26-9-7-25(8-10-26)19(27)17-12-22-14-3-1-2-4-15(14)23-17/h1-6,11-12H,7-10H2. The van der Waals surface area contributed by atoms with E-state index in [2.05, 4.69) is 14.9 Å². The van der Waals surface area contributed by atoms with Crippen molar-refractivity contribution in [1.29, 1.82) is 0 Å². The zero-order valence-electron chi connectivity index (χ0n) is 14.9. The fourth-order valence-corrected chi connectivity index (χ4v) is 4.64. The van der Waals surface area contributed by atoms with Gasteiger partial charge in [0.15, 0.2) is 5.13 Å². The third-order valence-corrected chi connectivity index (χ3v) is 6.16. The Hall–Kier alpha value is -2.77. The minimum Gasteiger partial charge on any atom is -0.345 e. The number of halogens is 1. The van der Waals surface area contributed by atoms with Crippen LogP contribution in [0, 0.1) is 0 Å². The molecule has 0 saturated carbocycles. The van der Waals surface area contributed by atoms with Crippen LogP contribution in [0.4, 0.5) is 5.13 Å². The van der Waals surface area contributed by atoms with Gasteiger partial charge in [0.1, 0.15) is 5.69 Å². The number of piperazine rings is 1. The van der Waals surface area contributed by atoms with E-state index < -0.39 is 0 Å². The summed E-state index contributed by atoms with van der Waals surface area (Å²) in [4.78, 5) is 30.4. The third kappa shape index (κ3) is 3.16. The van der Waals surface area contributed by atoms with Crippen molar-refractivity contribution in [2.75, 3.05) is 31.1 Å². The molecule has 1 saturated heterocycles. The molecule has 8 heteroatoms. The van der Waals surface area contributed by atoms with Crippen molar-refractivity contribution in [3.8, 4) is 0 Å². The number of carbonyl (C=O) groups is 1. The van der Waals surface area contributed by atoms with Gasteiger partial charge in [-0.05, 0) is 30.3 Å². The summed E-state index contributed by atoms with van der Waals surface area (Å²) >= 11 is 7.70. The van der Waals surface area contributed by atoms with Gasteiger partial charge in [-0.25, -0.2) is 9.97 Å². The fraction of sp³-hybridized carbons (Fsp3) is 0.200. The summed E-state index contributed by atoms with van der Waals surface area (Å²) in [6.07, 6.45) is 1.56. The van der Waals surface area contributed by atoms with Crippen LogP contribution < -0.4 is 4.90 Å². The van der Waals surface area contributed by atoms with Crippen molar-refractivity contribution in [2.45, 2.75) is 0 Å². The first-order valence-electron chi connectivity index (χ1n) is 8.99. The molecule has 0 N–H and O–H groups in total. The van der Waals surface area contributed by atoms with Crippen LogP contribution in [0.2, 0.25) is 5.02 Å². The molecule has 1 amide bonds. The first-order valence-corrected chi connectivity index (χ1v) is 10.2. The molecule has 0 unspecified atom stereocenters. The lowest BCUT2D eigenvalue weighted by molar-refractivity contribution is 0.0741. The number of para-hydroxylation sites is 2. The van der Waals surface area contributed by atoms with E-state index in [9.17, 15) is 4.79 Å². The lowest BCUT2D eigenvalue weighted by Gasteiger charge is -2.34. The Morgan fingerprint density at radius 2 is 1.75 bits per heavy atom. The average Bonchev–Trinajstić information content (AvgIpc) is 3.16. The second kappa shape index (κ2) is 7.00. The number of hydrogen-bond acceptors (Lipinski definition) is 6. The second-order valence-corrected chi connectivity index (χ2v) is 8.08. The van der Waals surface area contributed by atoms with Gasteiger partial charge >= 0.3 is 0 Å². The summed E-state index contributed by atoms with van der Waals surface area (Å²) in [6.45, 7) is 2.73. The first kappa shape index (κ1) is 17.3. The Bertz CT molecular complexity index is 1190. The van der Waals surface area contributed by atoms with Crippen LogP contribution in [-0.4, -0.2) is 51.9 Å². The lowest BCUT2D eigenvalue weighted by atomic mass is 10.2. The van der Waals surface area contributed by atoms with Gasteiger partial charge in [-0.1, -0.05) is 35.1 Å². The van der Waals surface area contributed by atoms with E-state index in [1.807, 2.05) is 47.4 Å². The van der Waals surface area contributed by atoms with Crippen LogP contribution in [0.5, 0.6) is 0 Å². The number of aromatic nitrogens is 3. The maximum atomic E-state index is 12.8. The smallest absolute Gasteiger partial charge is 0.274 e. The van der Waals surface area contributed by atoms with Crippen LogP contribution in [-0.2, 0) is 0 Å². The van der Waals surface area contributed by atoms with Crippen LogP contribution in [0.1, 0.15) is 10.5 Å². The van der Waals surface area contributed by atoms with Crippen LogP contribution in [0.3, 0.4) is 0 Å². The average molecular weight is 410 g/mol. The largest absolute Gasteiger partial charge is 0.345 e.